The fourth-order valence-corrected chi connectivity index (χ4v) is 9.53. The standard InChI is InChI=1S/2C24H23N5OS/c30-24(27-16-18-5-3-4-10-26-18)17-8-9-22-20(15-17)28-23(29-13-11-25-12-14-29)19-6-1-2-7-21(19)31-22;30-24(27-16-17-4-3-9-26-15-17)18-7-8-22-20(14-18)28-23(29-12-10-25-11-13-29)19-5-1-2-6-21(19)31-22/h1-10,15,25H,11-14,16H2,(H,27,30);1-9,14-15,25H,10-13,16H2,(H,27,30). The van der Waals surface area contributed by atoms with Crippen LogP contribution in [0.3, 0.4) is 0 Å². The molecular weight excluding hydrogens is 813 g/mol. The number of fused-ring (bicyclic) bond motifs is 4. The maximum Gasteiger partial charge on any atom is 0.251 e. The number of aromatic nitrogens is 2. The molecule has 2 fully saturated rings. The van der Waals surface area contributed by atoms with Crippen molar-refractivity contribution >= 4 is 58.4 Å². The fourth-order valence-electron chi connectivity index (χ4n) is 7.53. The number of carbonyl (C=O) groups excluding carboxylic acids is 2. The number of aliphatic imine (C=N–C) groups is 2. The molecule has 14 heteroatoms. The van der Waals surface area contributed by atoms with Gasteiger partial charge in [-0.3, -0.25) is 19.6 Å². The van der Waals surface area contributed by atoms with E-state index >= 15 is 0 Å². The van der Waals surface area contributed by atoms with Gasteiger partial charge in [0.05, 0.1) is 23.6 Å². The summed E-state index contributed by atoms with van der Waals surface area (Å²) in [5, 5.41) is 12.7. The van der Waals surface area contributed by atoms with Crippen molar-refractivity contribution in [2.45, 2.75) is 32.7 Å². The summed E-state index contributed by atoms with van der Waals surface area (Å²) in [5.74, 6) is 1.72. The maximum absolute atomic E-state index is 12.8. The van der Waals surface area contributed by atoms with E-state index in [1.54, 1.807) is 42.1 Å². The van der Waals surface area contributed by atoms with E-state index in [1.165, 1.54) is 9.79 Å². The average Bonchev–Trinajstić information content (AvgIpc) is 3.61. The predicted octanol–water partition coefficient (Wildman–Crippen LogP) is 6.92. The summed E-state index contributed by atoms with van der Waals surface area (Å²) in [7, 11) is 0. The number of carbonyl (C=O) groups is 2. The van der Waals surface area contributed by atoms with Crippen molar-refractivity contribution in [3.8, 4) is 0 Å². The molecule has 0 spiro atoms. The zero-order chi connectivity index (χ0) is 42.1. The van der Waals surface area contributed by atoms with Gasteiger partial charge in [-0.15, -0.1) is 0 Å². The minimum absolute atomic E-state index is 0.114. The quantitative estimate of drug-likeness (QED) is 0.140. The Morgan fingerprint density at radius 1 is 0.565 bits per heavy atom. The molecule has 312 valence electrons. The van der Waals surface area contributed by atoms with Crippen molar-refractivity contribution in [3.05, 3.63) is 167 Å². The van der Waals surface area contributed by atoms with Crippen LogP contribution in [0.15, 0.2) is 163 Å². The minimum Gasteiger partial charge on any atom is -0.354 e. The molecule has 4 aliphatic rings. The molecule has 0 saturated carbocycles. The highest BCUT2D eigenvalue weighted by atomic mass is 32.2. The molecule has 6 aromatic rings. The van der Waals surface area contributed by atoms with Crippen molar-refractivity contribution < 1.29 is 9.59 Å². The lowest BCUT2D eigenvalue weighted by molar-refractivity contribution is 0.0942. The Labute approximate surface area is 369 Å². The second kappa shape index (κ2) is 19.6. The highest BCUT2D eigenvalue weighted by Gasteiger charge is 2.25. The summed E-state index contributed by atoms with van der Waals surface area (Å²) in [6.07, 6.45) is 5.21. The van der Waals surface area contributed by atoms with Gasteiger partial charge in [0, 0.05) is 119 Å². The van der Waals surface area contributed by atoms with Crippen LogP contribution in [0.1, 0.15) is 43.1 Å². The lowest BCUT2D eigenvalue weighted by Crippen LogP contribution is -2.46. The van der Waals surface area contributed by atoms with E-state index in [0.717, 1.165) is 108 Å². The molecule has 0 aliphatic carbocycles. The van der Waals surface area contributed by atoms with Gasteiger partial charge >= 0.3 is 0 Å². The molecule has 2 amide bonds. The molecule has 0 atom stereocenters. The molecule has 2 saturated heterocycles. The second-order valence-electron chi connectivity index (χ2n) is 15.0. The van der Waals surface area contributed by atoms with Crippen molar-refractivity contribution in [2.75, 3.05) is 52.4 Å². The van der Waals surface area contributed by atoms with Crippen LogP contribution in [0.5, 0.6) is 0 Å². The van der Waals surface area contributed by atoms with Crippen LogP contribution in [-0.4, -0.2) is 95.6 Å². The summed E-state index contributed by atoms with van der Waals surface area (Å²) in [6.45, 7) is 8.27. The SMILES string of the molecule is O=C(NCc1ccccn1)c1ccc2c(c1)N=C(N1CCNCC1)c1ccccc1S2.O=C(NCc1cccnc1)c1ccc2c(c1)N=C(N1CCNCC1)c1ccccc1S2. The molecule has 0 unspecified atom stereocenters. The van der Waals surface area contributed by atoms with E-state index in [0.29, 0.717) is 24.2 Å². The summed E-state index contributed by atoms with van der Waals surface area (Å²) in [4.78, 5) is 53.2. The number of nitrogens with zero attached hydrogens (tertiary/aromatic N) is 6. The molecular formula is C48H46N10O2S2. The van der Waals surface area contributed by atoms with Crippen molar-refractivity contribution in [1.29, 1.82) is 0 Å². The lowest BCUT2D eigenvalue weighted by Gasteiger charge is -2.30. The molecule has 6 heterocycles. The van der Waals surface area contributed by atoms with Gasteiger partial charge in [-0.05, 0) is 72.3 Å². The molecule has 0 bridgehead atoms. The van der Waals surface area contributed by atoms with Crippen LogP contribution >= 0.6 is 23.5 Å². The summed E-state index contributed by atoms with van der Waals surface area (Å²) in [5.41, 5.74) is 6.97. The first-order chi connectivity index (χ1) is 30.6. The lowest BCUT2D eigenvalue weighted by atomic mass is 10.1. The first-order valence-corrected chi connectivity index (χ1v) is 22.5. The Kier molecular flexibility index (Phi) is 13.0. The van der Waals surface area contributed by atoms with Gasteiger partial charge in [-0.1, -0.05) is 72.1 Å². The number of rotatable bonds is 6. The predicted molar refractivity (Wildman–Crippen MR) is 246 cm³/mol. The normalized spacial score (nSPS) is 15.4. The van der Waals surface area contributed by atoms with Crippen molar-refractivity contribution in [1.82, 2.24) is 41.0 Å². The van der Waals surface area contributed by atoms with E-state index in [4.69, 9.17) is 9.98 Å². The monoisotopic (exact) mass is 858 g/mol. The van der Waals surface area contributed by atoms with Gasteiger partial charge in [-0.2, -0.15) is 0 Å². The van der Waals surface area contributed by atoms with Crippen molar-refractivity contribution in [2.24, 2.45) is 9.98 Å². The molecule has 12 nitrogen and oxygen atoms in total. The maximum atomic E-state index is 12.8. The molecule has 0 radical (unpaired) electrons. The van der Waals surface area contributed by atoms with Gasteiger partial charge in [0.25, 0.3) is 11.8 Å². The van der Waals surface area contributed by atoms with Gasteiger partial charge in [0.15, 0.2) is 0 Å². The molecule has 4 N–H and O–H groups in total. The molecule has 62 heavy (non-hydrogen) atoms. The van der Waals surface area contributed by atoms with Crippen LogP contribution in [0.4, 0.5) is 11.4 Å². The first-order valence-electron chi connectivity index (χ1n) is 20.8. The zero-order valence-corrected chi connectivity index (χ0v) is 35.7. The van der Waals surface area contributed by atoms with Gasteiger partial charge in [-0.25, -0.2) is 9.98 Å². The Morgan fingerprint density at radius 3 is 1.61 bits per heavy atom. The number of hydrogen-bond donors (Lipinski definition) is 4. The van der Waals surface area contributed by atoms with Gasteiger partial charge in [0.2, 0.25) is 0 Å². The number of piperazine rings is 2. The van der Waals surface area contributed by atoms with E-state index in [1.807, 2.05) is 66.7 Å². The number of hydrogen-bond acceptors (Lipinski definition) is 12. The number of benzene rings is 4. The summed E-state index contributed by atoms with van der Waals surface area (Å²) >= 11 is 3.41. The van der Waals surface area contributed by atoms with E-state index in [2.05, 4.69) is 89.6 Å². The molecule has 4 aliphatic heterocycles. The minimum atomic E-state index is -0.126. The van der Waals surface area contributed by atoms with Crippen LogP contribution in [0.2, 0.25) is 0 Å². The number of pyridine rings is 2. The largest absolute Gasteiger partial charge is 0.354 e. The van der Waals surface area contributed by atoms with Gasteiger partial charge < -0.3 is 31.1 Å². The Bertz CT molecular complexity index is 2430. The van der Waals surface area contributed by atoms with Gasteiger partial charge in [0.1, 0.15) is 11.7 Å². The summed E-state index contributed by atoms with van der Waals surface area (Å²) in [6, 6.07) is 37.8. The molecule has 2 aromatic heterocycles. The fraction of sp³-hybridized carbons (Fsp3) is 0.208. The first kappa shape index (κ1) is 41.1. The van der Waals surface area contributed by atoms with Crippen molar-refractivity contribution in [3.63, 3.8) is 0 Å². The second-order valence-corrected chi connectivity index (χ2v) is 17.1. The van der Waals surface area contributed by atoms with Crippen LogP contribution in [-0.2, 0) is 13.1 Å². The smallest absolute Gasteiger partial charge is 0.251 e. The van der Waals surface area contributed by atoms with Crippen LogP contribution in [0.25, 0.3) is 0 Å². The zero-order valence-electron chi connectivity index (χ0n) is 34.1. The summed E-state index contributed by atoms with van der Waals surface area (Å²) < 4.78 is 0. The van der Waals surface area contributed by atoms with Crippen LogP contribution < -0.4 is 21.3 Å². The third kappa shape index (κ3) is 9.74. The van der Waals surface area contributed by atoms with E-state index in [9.17, 15) is 9.59 Å². The highest BCUT2D eigenvalue weighted by Crippen LogP contribution is 2.42. The Morgan fingerprint density at radius 2 is 1.10 bits per heavy atom. The number of nitrogens with one attached hydrogen (secondary N) is 4. The molecule has 10 rings (SSSR count). The Balaban J connectivity index is 0.000000158. The number of amidine groups is 2. The number of amides is 2. The molecule has 4 aromatic carbocycles. The Hall–Kier alpha value is -6.32. The highest BCUT2D eigenvalue weighted by molar-refractivity contribution is 7.99. The average molecular weight is 859 g/mol. The third-order valence-electron chi connectivity index (χ3n) is 10.8. The van der Waals surface area contributed by atoms with E-state index < -0.39 is 0 Å². The third-order valence-corrected chi connectivity index (χ3v) is 13.0. The van der Waals surface area contributed by atoms with Crippen LogP contribution in [0, 0.1) is 0 Å². The van der Waals surface area contributed by atoms with E-state index in [-0.39, 0.29) is 11.8 Å². The topological polar surface area (TPSA) is 139 Å².